The molecule has 0 saturated heterocycles. The highest BCUT2D eigenvalue weighted by Gasteiger charge is 2.20. The number of rotatable bonds is 4. The summed E-state index contributed by atoms with van der Waals surface area (Å²) in [6.45, 7) is 1.79. The Bertz CT molecular complexity index is 885. The number of benzene rings is 1. The number of nitrogens with zero attached hydrogens (tertiary/aromatic N) is 4. The molecule has 3 rings (SSSR count). The van der Waals surface area contributed by atoms with Gasteiger partial charge in [-0.1, -0.05) is 12.1 Å². The molecule has 118 valence electrons. The van der Waals surface area contributed by atoms with E-state index in [2.05, 4.69) is 9.97 Å². The number of oxazole rings is 1. The highest BCUT2D eigenvalue weighted by Crippen LogP contribution is 2.17. The Hall–Kier alpha value is -2.96. The van der Waals surface area contributed by atoms with Gasteiger partial charge in [-0.05, 0) is 25.1 Å². The zero-order valence-electron chi connectivity index (χ0n) is 12.8. The van der Waals surface area contributed by atoms with E-state index in [-0.39, 0.29) is 18.5 Å². The third-order valence-corrected chi connectivity index (χ3v) is 3.87. The molecule has 3 aromatic rings. The van der Waals surface area contributed by atoms with Crippen molar-refractivity contribution in [3.05, 3.63) is 59.1 Å². The molecule has 1 aromatic carbocycles. The van der Waals surface area contributed by atoms with Gasteiger partial charge in [0.15, 0.2) is 5.58 Å². The van der Waals surface area contributed by atoms with E-state index in [0.29, 0.717) is 11.1 Å². The summed E-state index contributed by atoms with van der Waals surface area (Å²) in [4.78, 5) is 34.0. The Balaban J connectivity index is 1.83. The quantitative estimate of drug-likeness (QED) is 0.731. The number of likely N-dealkylation sites (N-methyl/N-ethyl adjacent to an activating group) is 1. The van der Waals surface area contributed by atoms with Gasteiger partial charge in [0.1, 0.15) is 12.9 Å². The molecule has 7 heteroatoms. The van der Waals surface area contributed by atoms with Gasteiger partial charge in [-0.2, -0.15) is 0 Å². The first kappa shape index (κ1) is 15.0. The van der Waals surface area contributed by atoms with E-state index >= 15 is 0 Å². The van der Waals surface area contributed by atoms with Crippen LogP contribution in [0.5, 0.6) is 0 Å². The second kappa shape index (κ2) is 6.04. The van der Waals surface area contributed by atoms with Gasteiger partial charge in [-0.3, -0.25) is 9.36 Å². The molecule has 0 saturated carbocycles. The van der Waals surface area contributed by atoms with Crippen LogP contribution in [0.25, 0.3) is 11.1 Å². The second-order valence-corrected chi connectivity index (χ2v) is 5.24. The molecule has 0 aliphatic carbocycles. The minimum Gasteiger partial charge on any atom is -0.408 e. The third kappa shape index (κ3) is 2.85. The number of hydrogen-bond donors (Lipinski definition) is 0. The van der Waals surface area contributed by atoms with Crippen molar-refractivity contribution in [2.75, 3.05) is 7.05 Å². The predicted molar refractivity (Wildman–Crippen MR) is 83.7 cm³/mol. The molecular formula is C16H16N4O3. The van der Waals surface area contributed by atoms with Gasteiger partial charge in [0.25, 0.3) is 0 Å². The minimum absolute atomic E-state index is 0.0816. The van der Waals surface area contributed by atoms with Crippen LogP contribution in [-0.2, 0) is 11.3 Å². The van der Waals surface area contributed by atoms with Gasteiger partial charge in [0.2, 0.25) is 5.91 Å². The molecule has 2 aromatic heterocycles. The SMILES string of the molecule is C[C@H](c1ccncn1)N(C)C(=O)Cn1c(=O)oc2ccccc21. The van der Waals surface area contributed by atoms with Crippen molar-refractivity contribution < 1.29 is 9.21 Å². The first-order chi connectivity index (χ1) is 11.1. The number of fused-ring (bicyclic) bond motifs is 1. The fourth-order valence-corrected chi connectivity index (χ4v) is 2.37. The highest BCUT2D eigenvalue weighted by atomic mass is 16.4. The summed E-state index contributed by atoms with van der Waals surface area (Å²) in [5, 5.41) is 0. The number of carbonyl (C=O) groups excluding carboxylic acids is 1. The molecule has 0 spiro atoms. The lowest BCUT2D eigenvalue weighted by atomic mass is 10.2. The molecule has 2 heterocycles. The molecule has 0 radical (unpaired) electrons. The maximum atomic E-state index is 12.5. The van der Waals surface area contributed by atoms with Gasteiger partial charge < -0.3 is 9.32 Å². The molecule has 0 fully saturated rings. The van der Waals surface area contributed by atoms with Gasteiger partial charge >= 0.3 is 5.76 Å². The van der Waals surface area contributed by atoms with Gasteiger partial charge in [0, 0.05) is 13.2 Å². The van der Waals surface area contributed by atoms with Crippen molar-refractivity contribution in [2.45, 2.75) is 19.5 Å². The molecule has 0 unspecified atom stereocenters. The Kier molecular flexibility index (Phi) is 3.92. The zero-order valence-corrected chi connectivity index (χ0v) is 12.8. The first-order valence-electron chi connectivity index (χ1n) is 7.18. The summed E-state index contributed by atoms with van der Waals surface area (Å²) in [6.07, 6.45) is 3.07. The van der Waals surface area contributed by atoms with E-state index in [0.717, 1.165) is 5.69 Å². The van der Waals surface area contributed by atoms with E-state index in [1.165, 1.54) is 10.9 Å². The average Bonchev–Trinajstić information content (AvgIpc) is 2.90. The van der Waals surface area contributed by atoms with Crippen molar-refractivity contribution in [3.8, 4) is 0 Å². The van der Waals surface area contributed by atoms with Crippen LogP contribution >= 0.6 is 0 Å². The van der Waals surface area contributed by atoms with Crippen LogP contribution in [0.15, 0.2) is 52.1 Å². The second-order valence-electron chi connectivity index (χ2n) is 5.24. The topological polar surface area (TPSA) is 81.2 Å². The van der Waals surface area contributed by atoms with Crippen LogP contribution in [0.4, 0.5) is 0 Å². The summed E-state index contributed by atoms with van der Waals surface area (Å²) >= 11 is 0. The van der Waals surface area contributed by atoms with Crippen molar-refractivity contribution in [1.82, 2.24) is 19.4 Å². The van der Waals surface area contributed by atoms with E-state index in [4.69, 9.17) is 4.42 Å². The number of para-hydroxylation sites is 2. The van der Waals surface area contributed by atoms with E-state index < -0.39 is 5.76 Å². The first-order valence-corrected chi connectivity index (χ1v) is 7.18. The normalized spacial score (nSPS) is 12.3. The molecule has 1 atom stereocenters. The fraction of sp³-hybridized carbons (Fsp3) is 0.250. The summed E-state index contributed by atoms with van der Waals surface area (Å²) < 4.78 is 6.48. The Morgan fingerprint density at radius 3 is 2.87 bits per heavy atom. The molecule has 0 bridgehead atoms. The lowest BCUT2D eigenvalue weighted by Crippen LogP contribution is -2.34. The molecule has 0 aliphatic rings. The monoisotopic (exact) mass is 312 g/mol. The average molecular weight is 312 g/mol. The largest absolute Gasteiger partial charge is 0.420 e. The number of hydrogen-bond acceptors (Lipinski definition) is 5. The molecule has 23 heavy (non-hydrogen) atoms. The van der Waals surface area contributed by atoms with Crippen molar-refractivity contribution in [3.63, 3.8) is 0 Å². The van der Waals surface area contributed by atoms with Gasteiger partial charge in [-0.15, -0.1) is 0 Å². The van der Waals surface area contributed by atoms with Gasteiger partial charge in [0.05, 0.1) is 17.3 Å². The van der Waals surface area contributed by atoms with Crippen LogP contribution in [0.3, 0.4) is 0 Å². The van der Waals surface area contributed by atoms with Crippen LogP contribution < -0.4 is 5.76 Å². The number of aromatic nitrogens is 3. The molecular weight excluding hydrogens is 296 g/mol. The van der Waals surface area contributed by atoms with Crippen molar-refractivity contribution in [1.29, 1.82) is 0 Å². The number of amides is 1. The summed E-state index contributed by atoms with van der Waals surface area (Å²) in [6, 6.07) is 8.56. The lowest BCUT2D eigenvalue weighted by molar-refractivity contribution is -0.132. The molecule has 1 amide bonds. The Labute approximate surface area is 132 Å². The standard InChI is InChI=1S/C16H16N4O3/c1-11(12-7-8-17-10-18-12)19(2)15(21)9-20-13-5-3-4-6-14(13)23-16(20)22/h3-8,10-11H,9H2,1-2H3/t11-/m1/s1. The zero-order chi connectivity index (χ0) is 16.4. The van der Waals surface area contributed by atoms with E-state index in [9.17, 15) is 9.59 Å². The molecule has 7 nitrogen and oxygen atoms in total. The fourth-order valence-electron chi connectivity index (χ4n) is 2.37. The maximum absolute atomic E-state index is 12.5. The lowest BCUT2D eigenvalue weighted by Gasteiger charge is -2.24. The highest BCUT2D eigenvalue weighted by molar-refractivity contribution is 5.79. The van der Waals surface area contributed by atoms with Crippen molar-refractivity contribution in [2.24, 2.45) is 0 Å². The van der Waals surface area contributed by atoms with Crippen LogP contribution in [0.2, 0.25) is 0 Å². The minimum atomic E-state index is -0.539. The summed E-state index contributed by atoms with van der Waals surface area (Å²) in [5.41, 5.74) is 1.81. The van der Waals surface area contributed by atoms with Crippen LogP contribution in [0.1, 0.15) is 18.7 Å². The van der Waals surface area contributed by atoms with Crippen molar-refractivity contribution >= 4 is 17.0 Å². The van der Waals surface area contributed by atoms with E-state index in [1.807, 2.05) is 6.92 Å². The number of carbonyl (C=O) groups is 1. The summed E-state index contributed by atoms with van der Waals surface area (Å²) in [5.74, 6) is -0.743. The van der Waals surface area contributed by atoms with E-state index in [1.54, 1.807) is 48.5 Å². The Morgan fingerprint density at radius 1 is 1.35 bits per heavy atom. The third-order valence-electron chi connectivity index (χ3n) is 3.87. The maximum Gasteiger partial charge on any atom is 0.420 e. The Morgan fingerprint density at radius 2 is 2.13 bits per heavy atom. The van der Waals surface area contributed by atoms with Crippen LogP contribution in [-0.4, -0.2) is 32.4 Å². The molecule has 0 N–H and O–H groups in total. The summed E-state index contributed by atoms with van der Waals surface area (Å²) in [7, 11) is 1.68. The molecule has 0 aliphatic heterocycles. The van der Waals surface area contributed by atoms with Crippen LogP contribution in [0, 0.1) is 0 Å². The predicted octanol–water partition coefficient (Wildman–Crippen LogP) is 1.60. The smallest absolute Gasteiger partial charge is 0.408 e. The van der Waals surface area contributed by atoms with Gasteiger partial charge in [-0.25, -0.2) is 14.8 Å².